The number of aromatic nitrogens is 1. The van der Waals surface area contributed by atoms with Gasteiger partial charge in [0.25, 0.3) is 11.9 Å². The first-order valence-corrected chi connectivity index (χ1v) is 2.95. The van der Waals surface area contributed by atoms with Gasteiger partial charge in [-0.05, 0) is 0 Å². The molecule has 0 saturated carbocycles. The largest absolute Gasteiger partial charge is 0.383 e. The lowest BCUT2D eigenvalue weighted by molar-refractivity contribution is 0.411. The van der Waals surface area contributed by atoms with Gasteiger partial charge in [0, 0.05) is 7.05 Å². The monoisotopic (exact) mass is 180 g/mol. The predicted molar refractivity (Wildman–Crippen MR) is 33.6 cm³/mol. The van der Waals surface area contributed by atoms with Gasteiger partial charge in [-0.15, -0.1) is 0 Å². The Hall–Kier alpha value is -1.33. The van der Waals surface area contributed by atoms with Gasteiger partial charge in [0.1, 0.15) is 5.69 Å². The second kappa shape index (κ2) is 2.96. The van der Waals surface area contributed by atoms with Gasteiger partial charge in [-0.3, -0.25) is 0 Å². The van der Waals surface area contributed by atoms with Crippen LogP contribution in [0.2, 0.25) is 0 Å². The van der Waals surface area contributed by atoms with Crippen molar-refractivity contribution in [3.63, 3.8) is 0 Å². The number of anilines is 1. The molecule has 12 heavy (non-hydrogen) atoms. The number of hydrogen-bond acceptors (Lipinski definition) is 2. The van der Waals surface area contributed by atoms with Gasteiger partial charge in [-0.2, -0.15) is 22.5 Å². The maximum atomic E-state index is 12.5. The highest BCUT2D eigenvalue weighted by atomic mass is 19.2. The van der Waals surface area contributed by atoms with E-state index in [4.69, 9.17) is 0 Å². The SMILES string of the molecule is CNc1c(F)c(F)nc(F)c1F. The number of rotatable bonds is 1. The summed E-state index contributed by atoms with van der Waals surface area (Å²) in [5, 5.41) is 1.98. The molecule has 1 rings (SSSR count). The highest BCUT2D eigenvalue weighted by Crippen LogP contribution is 2.20. The molecule has 1 N–H and O–H groups in total. The normalized spacial score (nSPS) is 10.1. The molecule has 0 unspecified atom stereocenters. The number of hydrogen-bond donors (Lipinski definition) is 1. The van der Waals surface area contributed by atoms with Gasteiger partial charge < -0.3 is 5.32 Å². The lowest BCUT2D eigenvalue weighted by Crippen LogP contribution is -2.05. The van der Waals surface area contributed by atoms with Crippen LogP contribution in [0.3, 0.4) is 0 Å². The quantitative estimate of drug-likeness (QED) is 0.525. The molecule has 1 aromatic heterocycles. The zero-order valence-electron chi connectivity index (χ0n) is 5.96. The summed E-state index contributed by atoms with van der Waals surface area (Å²) in [5.74, 6) is -6.40. The van der Waals surface area contributed by atoms with E-state index in [1.165, 1.54) is 0 Å². The fourth-order valence-electron chi connectivity index (χ4n) is 0.706. The van der Waals surface area contributed by atoms with Crippen LogP contribution >= 0.6 is 0 Å². The van der Waals surface area contributed by atoms with E-state index in [0.717, 1.165) is 7.05 Å². The summed E-state index contributed by atoms with van der Waals surface area (Å²) >= 11 is 0. The van der Waals surface area contributed by atoms with Gasteiger partial charge in [-0.1, -0.05) is 0 Å². The molecule has 0 spiro atoms. The van der Waals surface area contributed by atoms with E-state index in [2.05, 4.69) is 4.98 Å². The maximum absolute atomic E-state index is 12.5. The molecular formula is C6H4F4N2. The first-order valence-electron chi connectivity index (χ1n) is 2.95. The molecule has 0 saturated heterocycles. The standard InChI is InChI=1S/C6H4F4N2/c1-11-4-2(7)5(9)12-6(10)3(4)8/h1H3,(H,11,12). The molecular weight excluding hydrogens is 176 g/mol. The van der Waals surface area contributed by atoms with E-state index in [0.29, 0.717) is 0 Å². The van der Waals surface area contributed by atoms with Crippen molar-refractivity contribution in [2.75, 3.05) is 12.4 Å². The summed E-state index contributed by atoms with van der Waals surface area (Å²) < 4.78 is 49.6. The van der Waals surface area contributed by atoms with Gasteiger partial charge in [-0.25, -0.2) is 0 Å². The summed E-state index contributed by atoms with van der Waals surface area (Å²) in [6.45, 7) is 0. The topological polar surface area (TPSA) is 24.9 Å². The molecule has 0 radical (unpaired) electrons. The highest BCUT2D eigenvalue weighted by Gasteiger charge is 2.18. The first-order chi connectivity index (χ1) is 5.57. The number of nitrogens with one attached hydrogen (secondary N) is 1. The Morgan fingerprint density at radius 3 is 1.75 bits per heavy atom. The average molecular weight is 180 g/mol. The fourth-order valence-corrected chi connectivity index (χ4v) is 0.706. The third kappa shape index (κ3) is 1.19. The minimum absolute atomic E-state index is 0.861. The molecule has 6 heteroatoms. The van der Waals surface area contributed by atoms with Crippen LogP contribution in [0.1, 0.15) is 0 Å². The Bertz CT molecular complexity index is 287. The Kier molecular flexibility index (Phi) is 2.16. The van der Waals surface area contributed by atoms with E-state index in [1.54, 1.807) is 0 Å². The second-order valence-corrected chi connectivity index (χ2v) is 1.95. The zero-order valence-corrected chi connectivity index (χ0v) is 5.96. The molecule has 0 bridgehead atoms. The summed E-state index contributed by atoms with van der Waals surface area (Å²) in [6.07, 6.45) is 0. The van der Waals surface area contributed by atoms with Crippen molar-refractivity contribution in [2.45, 2.75) is 0 Å². The lowest BCUT2D eigenvalue weighted by atomic mass is 10.3. The molecule has 0 aliphatic heterocycles. The summed E-state index contributed by atoms with van der Waals surface area (Å²) in [6, 6.07) is 0. The van der Waals surface area contributed by atoms with E-state index < -0.39 is 29.2 Å². The summed E-state index contributed by atoms with van der Waals surface area (Å²) in [7, 11) is 1.14. The van der Waals surface area contributed by atoms with E-state index in [-0.39, 0.29) is 0 Å². The molecule has 66 valence electrons. The minimum atomic E-state index is -1.67. The molecule has 2 nitrogen and oxygen atoms in total. The third-order valence-corrected chi connectivity index (χ3v) is 1.25. The van der Waals surface area contributed by atoms with Crippen LogP contribution in [-0.2, 0) is 0 Å². The van der Waals surface area contributed by atoms with Crippen LogP contribution in [0.25, 0.3) is 0 Å². The van der Waals surface area contributed by atoms with E-state index in [9.17, 15) is 17.6 Å². The van der Waals surface area contributed by atoms with Crippen molar-refractivity contribution in [2.24, 2.45) is 0 Å². The van der Waals surface area contributed by atoms with Crippen LogP contribution in [0.5, 0.6) is 0 Å². The lowest BCUT2D eigenvalue weighted by Gasteiger charge is -2.03. The van der Waals surface area contributed by atoms with Crippen molar-refractivity contribution >= 4 is 5.69 Å². The van der Waals surface area contributed by atoms with Crippen molar-refractivity contribution in [1.29, 1.82) is 0 Å². The fraction of sp³-hybridized carbons (Fsp3) is 0.167. The maximum Gasteiger partial charge on any atom is 0.253 e. The van der Waals surface area contributed by atoms with Gasteiger partial charge >= 0.3 is 0 Å². The number of nitrogens with zero attached hydrogens (tertiary/aromatic N) is 1. The van der Waals surface area contributed by atoms with Gasteiger partial charge in [0.15, 0.2) is 0 Å². The molecule has 0 aromatic carbocycles. The number of halogens is 4. The summed E-state index contributed by atoms with van der Waals surface area (Å²) in [5.41, 5.74) is -0.861. The van der Waals surface area contributed by atoms with Crippen LogP contribution in [0.15, 0.2) is 0 Å². The van der Waals surface area contributed by atoms with Crippen LogP contribution in [0, 0.1) is 23.5 Å². The van der Waals surface area contributed by atoms with Crippen LogP contribution in [-0.4, -0.2) is 12.0 Å². The highest BCUT2D eigenvalue weighted by molar-refractivity contribution is 5.44. The molecule has 0 aliphatic carbocycles. The van der Waals surface area contributed by atoms with Crippen molar-refractivity contribution in [1.82, 2.24) is 4.98 Å². The zero-order chi connectivity index (χ0) is 9.30. The smallest absolute Gasteiger partial charge is 0.253 e. The average Bonchev–Trinajstić information content (AvgIpc) is 2.02. The molecule has 0 atom stereocenters. The third-order valence-electron chi connectivity index (χ3n) is 1.25. The Labute approximate surface area is 65.2 Å². The summed E-state index contributed by atoms with van der Waals surface area (Å²) in [4.78, 5) is 2.36. The molecule has 0 fully saturated rings. The minimum Gasteiger partial charge on any atom is -0.383 e. The van der Waals surface area contributed by atoms with Crippen LogP contribution in [0.4, 0.5) is 23.2 Å². The molecule has 1 aromatic rings. The Morgan fingerprint density at radius 1 is 1.00 bits per heavy atom. The van der Waals surface area contributed by atoms with Gasteiger partial charge in [0.05, 0.1) is 0 Å². The molecule has 0 aliphatic rings. The number of pyridine rings is 1. The van der Waals surface area contributed by atoms with Crippen molar-refractivity contribution in [3.05, 3.63) is 23.5 Å². The second-order valence-electron chi connectivity index (χ2n) is 1.95. The van der Waals surface area contributed by atoms with Crippen molar-refractivity contribution < 1.29 is 17.6 Å². The first kappa shape index (κ1) is 8.76. The Morgan fingerprint density at radius 2 is 1.42 bits per heavy atom. The molecule has 0 amide bonds. The van der Waals surface area contributed by atoms with Crippen molar-refractivity contribution in [3.8, 4) is 0 Å². The molecule has 1 heterocycles. The predicted octanol–water partition coefficient (Wildman–Crippen LogP) is 1.68. The van der Waals surface area contributed by atoms with E-state index >= 15 is 0 Å². The Balaban J connectivity index is 3.42. The van der Waals surface area contributed by atoms with Gasteiger partial charge in [0.2, 0.25) is 11.6 Å². The van der Waals surface area contributed by atoms with E-state index in [1.807, 2.05) is 5.32 Å². The van der Waals surface area contributed by atoms with Crippen LogP contribution < -0.4 is 5.32 Å².